The van der Waals surface area contributed by atoms with Gasteiger partial charge in [0.1, 0.15) is 11.3 Å². The predicted octanol–water partition coefficient (Wildman–Crippen LogP) is 5.22. The summed E-state index contributed by atoms with van der Waals surface area (Å²) in [4.78, 5) is 22.6. The van der Waals surface area contributed by atoms with Gasteiger partial charge in [0.2, 0.25) is 0 Å². The first-order valence-electron chi connectivity index (χ1n) is 12.1. The molecule has 1 N–H and O–H groups in total. The van der Waals surface area contributed by atoms with E-state index in [4.69, 9.17) is 0 Å². The van der Waals surface area contributed by atoms with Crippen molar-refractivity contribution in [1.82, 2.24) is 14.7 Å². The number of pyridine rings is 1. The second kappa shape index (κ2) is 10.1. The van der Waals surface area contributed by atoms with Gasteiger partial charge in [0.05, 0.1) is 5.69 Å². The largest absolute Gasteiger partial charge is 0.368 e. The maximum absolute atomic E-state index is 13.1. The van der Waals surface area contributed by atoms with Crippen LogP contribution in [0.1, 0.15) is 34.2 Å². The van der Waals surface area contributed by atoms with Gasteiger partial charge < -0.3 is 15.1 Å². The SMILES string of the molecule is CCc1nc2ccc(Br)cn2c1C(=O)NCc1ccc(N2CCN(c3ccc(C)cc3)CC2)cc1. The molecule has 0 radical (unpaired) electrons. The van der Waals surface area contributed by atoms with Gasteiger partial charge in [-0.15, -0.1) is 0 Å². The zero-order chi connectivity index (χ0) is 24.4. The third kappa shape index (κ3) is 5.05. The summed E-state index contributed by atoms with van der Waals surface area (Å²) in [7, 11) is 0. The molecule has 1 aliphatic heterocycles. The smallest absolute Gasteiger partial charge is 0.270 e. The van der Waals surface area contributed by atoms with Gasteiger partial charge in [-0.1, -0.05) is 36.8 Å². The Balaban J connectivity index is 1.20. The topological polar surface area (TPSA) is 52.9 Å². The lowest BCUT2D eigenvalue weighted by atomic mass is 10.1. The number of aryl methyl sites for hydroxylation is 2. The van der Waals surface area contributed by atoms with Crippen molar-refractivity contribution in [2.45, 2.75) is 26.8 Å². The summed E-state index contributed by atoms with van der Waals surface area (Å²) in [5, 5.41) is 3.08. The molecule has 1 amide bonds. The summed E-state index contributed by atoms with van der Waals surface area (Å²) < 4.78 is 2.77. The van der Waals surface area contributed by atoms with Crippen molar-refractivity contribution in [1.29, 1.82) is 0 Å². The molecule has 1 fully saturated rings. The fourth-order valence-electron chi connectivity index (χ4n) is 4.62. The number of carbonyl (C=O) groups is 1. The molecule has 0 aliphatic carbocycles. The van der Waals surface area contributed by atoms with E-state index in [9.17, 15) is 4.79 Å². The Bertz CT molecular complexity index is 1320. The minimum atomic E-state index is -0.108. The van der Waals surface area contributed by atoms with Crippen LogP contribution in [0.4, 0.5) is 11.4 Å². The normalized spacial score (nSPS) is 13.9. The summed E-state index contributed by atoms with van der Waals surface area (Å²) >= 11 is 3.49. The Morgan fingerprint density at radius 3 is 2.11 bits per heavy atom. The molecule has 3 heterocycles. The van der Waals surface area contributed by atoms with Crippen molar-refractivity contribution in [3.63, 3.8) is 0 Å². The minimum absolute atomic E-state index is 0.108. The molecule has 2 aromatic carbocycles. The van der Waals surface area contributed by atoms with Crippen LogP contribution in [-0.2, 0) is 13.0 Å². The number of nitrogens with zero attached hydrogens (tertiary/aromatic N) is 4. The highest BCUT2D eigenvalue weighted by molar-refractivity contribution is 9.10. The molecular formula is C28H30BrN5O. The fraction of sp³-hybridized carbons (Fsp3) is 0.286. The van der Waals surface area contributed by atoms with Crippen molar-refractivity contribution in [3.05, 3.63) is 93.8 Å². The Morgan fingerprint density at radius 2 is 1.51 bits per heavy atom. The molecule has 6 nitrogen and oxygen atoms in total. The third-order valence-corrected chi connectivity index (χ3v) is 7.11. The van der Waals surface area contributed by atoms with E-state index in [1.807, 2.05) is 29.7 Å². The maximum atomic E-state index is 13.1. The van der Waals surface area contributed by atoms with E-state index in [1.165, 1.54) is 16.9 Å². The third-order valence-electron chi connectivity index (χ3n) is 6.64. The summed E-state index contributed by atoms with van der Waals surface area (Å²) in [6.07, 6.45) is 2.59. The van der Waals surface area contributed by atoms with E-state index in [-0.39, 0.29) is 5.91 Å². The number of hydrogen-bond acceptors (Lipinski definition) is 4. The molecule has 0 spiro atoms. The van der Waals surface area contributed by atoms with Crippen LogP contribution in [0, 0.1) is 6.92 Å². The Morgan fingerprint density at radius 1 is 0.914 bits per heavy atom. The van der Waals surface area contributed by atoms with E-state index in [0.717, 1.165) is 47.6 Å². The van der Waals surface area contributed by atoms with Crippen molar-refractivity contribution in [3.8, 4) is 0 Å². The van der Waals surface area contributed by atoms with Crippen molar-refractivity contribution < 1.29 is 4.79 Å². The van der Waals surface area contributed by atoms with Crippen LogP contribution in [0.25, 0.3) is 5.65 Å². The number of amides is 1. The van der Waals surface area contributed by atoms with Crippen LogP contribution in [0.15, 0.2) is 71.3 Å². The summed E-state index contributed by atoms with van der Waals surface area (Å²) in [5.41, 5.74) is 7.08. The molecule has 0 atom stereocenters. The van der Waals surface area contributed by atoms with Gasteiger partial charge in [0.25, 0.3) is 5.91 Å². The zero-order valence-corrected chi connectivity index (χ0v) is 21.8. The lowest BCUT2D eigenvalue weighted by Crippen LogP contribution is -2.46. The second-order valence-corrected chi connectivity index (χ2v) is 9.91. The molecule has 0 saturated carbocycles. The van der Waals surface area contributed by atoms with Gasteiger partial charge in [0, 0.05) is 54.8 Å². The molecule has 0 unspecified atom stereocenters. The van der Waals surface area contributed by atoms with Crippen LogP contribution in [-0.4, -0.2) is 41.5 Å². The number of piperazine rings is 1. The molecule has 0 bridgehead atoms. The van der Waals surface area contributed by atoms with Crippen molar-refractivity contribution in [2.75, 3.05) is 36.0 Å². The van der Waals surface area contributed by atoms with E-state index >= 15 is 0 Å². The minimum Gasteiger partial charge on any atom is -0.368 e. The van der Waals surface area contributed by atoms with Crippen molar-refractivity contribution >= 4 is 38.9 Å². The number of halogens is 1. The zero-order valence-electron chi connectivity index (χ0n) is 20.2. The number of rotatable bonds is 6. The van der Waals surface area contributed by atoms with Gasteiger partial charge in [-0.25, -0.2) is 4.98 Å². The first-order chi connectivity index (χ1) is 17.0. The standard InChI is InChI=1S/C28H30BrN5O/c1-3-25-27(34-19-22(29)8-13-26(34)31-25)28(35)30-18-21-6-11-24(12-7-21)33-16-14-32(15-17-33)23-9-4-20(2)5-10-23/h4-13,19H,3,14-18H2,1-2H3,(H,30,35). The molecule has 1 aliphatic rings. The molecule has 1 saturated heterocycles. The van der Waals surface area contributed by atoms with E-state index in [1.54, 1.807) is 0 Å². The highest BCUT2D eigenvalue weighted by atomic mass is 79.9. The van der Waals surface area contributed by atoms with Gasteiger partial charge in [-0.3, -0.25) is 9.20 Å². The van der Waals surface area contributed by atoms with E-state index < -0.39 is 0 Å². The number of nitrogens with one attached hydrogen (secondary N) is 1. The number of anilines is 2. The predicted molar refractivity (Wildman–Crippen MR) is 145 cm³/mol. The Labute approximate surface area is 214 Å². The average Bonchev–Trinajstić information content (AvgIpc) is 3.26. The molecule has 4 aromatic rings. The number of aromatic nitrogens is 2. The number of imidazole rings is 1. The number of fused-ring (bicyclic) bond motifs is 1. The molecule has 7 heteroatoms. The fourth-order valence-corrected chi connectivity index (χ4v) is 4.96. The molecule has 2 aromatic heterocycles. The second-order valence-electron chi connectivity index (χ2n) is 8.99. The average molecular weight is 532 g/mol. The van der Waals surface area contributed by atoms with Crippen LogP contribution in [0.2, 0.25) is 0 Å². The van der Waals surface area contributed by atoms with Gasteiger partial charge >= 0.3 is 0 Å². The number of hydrogen-bond donors (Lipinski definition) is 1. The van der Waals surface area contributed by atoms with Crippen LogP contribution >= 0.6 is 15.9 Å². The van der Waals surface area contributed by atoms with E-state index in [2.05, 4.69) is 91.5 Å². The van der Waals surface area contributed by atoms with Crippen LogP contribution in [0.5, 0.6) is 0 Å². The summed E-state index contributed by atoms with van der Waals surface area (Å²) in [6, 6.07) is 21.2. The number of benzene rings is 2. The van der Waals surface area contributed by atoms with Crippen LogP contribution < -0.4 is 15.1 Å². The quantitative estimate of drug-likeness (QED) is 0.370. The van der Waals surface area contributed by atoms with E-state index in [0.29, 0.717) is 18.7 Å². The van der Waals surface area contributed by atoms with Crippen LogP contribution in [0.3, 0.4) is 0 Å². The molecule has 180 valence electrons. The highest BCUT2D eigenvalue weighted by Gasteiger charge is 2.19. The lowest BCUT2D eigenvalue weighted by molar-refractivity contribution is 0.0944. The molecular weight excluding hydrogens is 502 g/mol. The first kappa shape index (κ1) is 23.4. The lowest BCUT2D eigenvalue weighted by Gasteiger charge is -2.37. The van der Waals surface area contributed by atoms with Gasteiger partial charge in [-0.2, -0.15) is 0 Å². The Kier molecular flexibility index (Phi) is 6.77. The van der Waals surface area contributed by atoms with Gasteiger partial charge in [0.15, 0.2) is 0 Å². The number of carbonyl (C=O) groups excluding carboxylic acids is 1. The van der Waals surface area contributed by atoms with Gasteiger partial charge in [-0.05, 0) is 71.2 Å². The summed E-state index contributed by atoms with van der Waals surface area (Å²) in [5.74, 6) is -0.108. The first-order valence-corrected chi connectivity index (χ1v) is 12.9. The summed E-state index contributed by atoms with van der Waals surface area (Å²) in [6.45, 7) is 8.63. The molecule has 5 rings (SSSR count). The molecule has 35 heavy (non-hydrogen) atoms. The maximum Gasteiger partial charge on any atom is 0.270 e. The van der Waals surface area contributed by atoms with Crippen molar-refractivity contribution in [2.24, 2.45) is 0 Å². The monoisotopic (exact) mass is 531 g/mol. The highest BCUT2D eigenvalue weighted by Crippen LogP contribution is 2.22. The Hall–Kier alpha value is -3.32.